The first-order chi connectivity index (χ1) is 0. The summed E-state index contributed by atoms with van der Waals surface area (Å²) in [6, 6.07) is 0. The second-order valence-corrected chi connectivity index (χ2v) is 0. The van der Waals surface area contributed by atoms with Crippen LogP contribution in [0.5, 0.6) is 0 Å². The fourth-order valence-electron chi connectivity index (χ4n) is 0. The molecule has 0 aromatic rings. The van der Waals surface area contributed by atoms with E-state index in [1.54, 1.807) is 0 Å². The summed E-state index contributed by atoms with van der Waals surface area (Å²) in [5, 5.41) is 0. The van der Waals surface area contributed by atoms with Gasteiger partial charge in [-0.1, -0.05) is 0 Å². The molecule has 0 heterocycles. The van der Waals surface area contributed by atoms with Crippen molar-refractivity contribution in [2.24, 2.45) is 0 Å². The molecule has 4 heteroatoms. The van der Waals surface area contributed by atoms with Crippen LogP contribution in [0.3, 0.4) is 0 Å². The van der Waals surface area contributed by atoms with Crippen molar-refractivity contribution < 1.29 is 0 Å². The maximum atomic E-state index is 0. The van der Waals surface area contributed by atoms with Crippen molar-refractivity contribution in [3.63, 3.8) is 0 Å². The van der Waals surface area contributed by atoms with E-state index in [1.807, 2.05) is 0 Å². The molecule has 0 radical (unpaired) electrons. The molecule has 0 fully saturated rings. The molecule has 0 aromatic carbocycles. The van der Waals surface area contributed by atoms with E-state index < -0.39 is 0 Å². The molecule has 0 bridgehead atoms. The van der Waals surface area contributed by atoms with Crippen molar-refractivity contribution in [3.05, 3.63) is 0 Å². The van der Waals surface area contributed by atoms with E-state index in [2.05, 4.69) is 0 Å². The SMILES string of the molecule is P.P.[KH].[KH]. The van der Waals surface area contributed by atoms with Crippen molar-refractivity contribution in [3.8, 4) is 0 Å². The van der Waals surface area contributed by atoms with Crippen LogP contribution in [0.25, 0.3) is 0 Å². The van der Waals surface area contributed by atoms with Gasteiger partial charge in [-0.3, -0.25) is 0 Å². The van der Waals surface area contributed by atoms with Crippen LogP contribution < -0.4 is 0 Å². The van der Waals surface area contributed by atoms with E-state index in [9.17, 15) is 0 Å². The van der Waals surface area contributed by atoms with Crippen molar-refractivity contribution in [2.75, 3.05) is 0 Å². The van der Waals surface area contributed by atoms with E-state index in [-0.39, 0.29) is 123 Å². The van der Waals surface area contributed by atoms with Gasteiger partial charge in [0.25, 0.3) is 0 Å². The van der Waals surface area contributed by atoms with Crippen molar-refractivity contribution in [1.29, 1.82) is 0 Å². The van der Waals surface area contributed by atoms with Gasteiger partial charge in [-0.05, 0) is 0 Å². The van der Waals surface area contributed by atoms with Crippen LogP contribution >= 0.6 is 19.8 Å². The Kier molecular flexibility index (Phi) is 95.1. The van der Waals surface area contributed by atoms with Gasteiger partial charge in [0.2, 0.25) is 0 Å². The Hall–Kier alpha value is 4.13. The molecule has 0 spiro atoms. The fourth-order valence-corrected chi connectivity index (χ4v) is 0. The van der Waals surface area contributed by atoms with Crippen LogP contribution in [0.1, 0.15) is 0 Å². The van der Waals surface area contributed by atoms with Gasteiger partial charge in [0, 0.05) is 0 Å². The Morgan fingerprint density at radius 3 is 0.500 bits per heavy atom. The van der Waals surface area contributed by atoms with Crippen molar-refractivity contribution >= 4 is 123 Å². The molecular weight excluding hydrogens is 140 g/mol. The van der Waals surface area contributed by atoms with Crippen molar-refractivity contribution in [1.82, 2.24) is 0 Å². The third-order valence-electron chi connectivity index (χ3n) is 0. The summed E-state index contributed by atoms with van der Waals surface area (Å²) in [6.45, 7) is 0. The maximum absolute atomic E-state index is 0. The first kappa shape index (κ1) is 24.2. The zero-order valence-corrected chi connectivity index (χ0v) is 4.24. The second-order valence-electron chi connectivity index (χ2n) is 0. The Morgan fingerprint density at radius 2 is 0.500 bits per heavy atom. The molecule has 0 nitrogen and oxygen atoms in total. The van der Waals surface area contributed by atoms with E-state index in [0.29, 0.717) is 0 Å². The molecule has 0 saturated heterocycles. The average Bonchev–Trinajstić information content (AvgIpc) is 0. The molecule has 20 valence electrons. The molecule has 0 aliphatic heterocycles. The van der Waals surface area contributed by atoms with Crippen LogP contribution in [0.2, 0.25) is 0 Å². The Labute approximate surface area is 119 Å². The first-order valence-electron chi connectivity index (χ1n) is 0. The van der Waals surface area contributed by atoms with Crippen LogP contribution in [-0.2, 0) is 0 Å². The summed E-state index contributed by atoms with van der Waals surface area (Å²) >= 11 is 0. The van der Waals surface area contributed by atoms with Gasteiger partial charge in [-0.15, -0.1) is 0 Å². The summed E-state index contributed by atoms with van der Waals surface area (Å²) in [7, 11) is 0. The van der Waals surface area contributed by atoms with E-state index in [4.69, 9.17) is 0 Å². The van der Waals surface area contributed by atoms with E-state index in [1.165, 1.54) is 0 Å². The molecule has 0 aromatic heterocycles. The van der Waals surface area contributed by atoms with Gasteiger partial charge >= 0.3 is 103 Å². The minimum atomic E-state index is 0. The molecule has 4 heavy (non-hydrogen) atoms. The van der Waals surface area contributed by atoms with Gasteiger partial charge in [0.1, 0.15) is 0 Å². The fraction of sp³-hybridized carbons (Fsp3) is 0. The standard InChI is InChI=1S/2K.2H3P.2H/h;;2*1H3;;. The molecule has 0 aliphatic rings. The van der Waals surface area contributed by atoms with Crippen LogP contribution in [0.4, 0.5) is 0 Å². The summed E-state index contributed by atoms with van der Waals surface area (Å²) in [5.74, 6) is 0. The quantitative estimate of drug-likeness (QED) is 0.300. The second kappa shape index (κ2) is 15.7. The number of hydrogen-bond donors (Lipinski definition) is 0. The zero-order chi connectivity index (χ0) is 0. The first-order valence-corrected chi connectivity index (χ1v) is 0. The van der Waals surface area contributed by atoms with E-state index in [0.717, 1.165) is 0 Å². The Morgan fingerprint density at radius 1 is 0.500 bits per heavy atom. The summed E-state index contributed by atoms with van der Waals surface area (Å²) in [5.41, 5.74) is 0. The molecular formula is H8K2P2. The predicted octanol–water partition coefficient (Wildman–Crippen LogP) is -1.18. The summed E-state index contributed by atoms with van der Waals surface area (Å²) in [6.07, 6.45) is 0. The third-order valence-corrected chi connectivity index (χ3v) is 0. The average molecular weight is 148 g/mol. The van der Waals surface area contributed by atoms with Crippen LogP contribution in [0.15, 0.2) is 0 Å². The molecule has 2 unspecified atom stereocenters. The third kappa shape index (κ3) is 9.46. The zero-order valence-electron chi connectivity index (χ0n) is 1.41. The molecule has 0 N–H and O–H groups in total. The number of rotatable bonds is 0. The monoisotopic (exact) mass is 148 g/mol. The molecule has 0 amide bonds. The minimum absolute atomic E-state index is 0. The predicted molar refractivity (Wildman–Crippen MR) is 36.5 cm³/mol. The molecule has 0 aliphatic carbocycles. The number of hydrogen-bond acceptors (Lipinski definition) is 0. The summed E-state index contributed by atoms with van der Waals surface area (Å²) in [4.78, 5) is 0. The van der Waals surface area contributed by atoms with Gasteiger partial charge in [0.05, 0.1) is 0 Å². The summed E-state index contributed by atoms with van der Waals surface area (Å²) < 4.78 is 0. The Balaban J connectivity index is 0. The van der Waals surface area contributed by atoms with Gasteiger partial charge in [0.15, 0.2) is 0 Å². The Bertz CT molecular complexity index is 4.00. The molecule has 0 saturated carbocycles. The van der Waals surface area contributed by atoms with Crippen molar-refractivity contribution in [2.45, 2.75) is 0 Å². The van der Waals surface area contributed by atoms with Gasteiger partial charge in [-0.2, -0.15) is 19.8 Å². The van der Waals surface area contributed by atoms with Gasteiger partial charge in [-0.25, -0.2) is 0 Å². The molecule has 2 atom stereocenters. The van der Waals surface area contributed by atoms with Crippen LogP contribution in [-0.4, -0.2) is 103 Å². The van der Waals surface area contributed by atoms with Gasteiger partial charge < -0.3 is 0 Å². The van der Waals surface area contributed by atoms with Crippen LogP contribution in [0, 0.1) is 0 Å². The normalized spacial score (nSPS) is 0. The van der Waals surface area contributed by atoms with E-state index >= 15 is 0 Å². The topological polar surface area (TPSA) is 0 Å². The molecule has 0 rings (SSSR count).